The molecule has 0 amide bonds. The van der Waals surface area contributed by atoms with Crippen molar-refractivity contribution in [3.8, 4) is 0 Å². The second-order valence-electron chi connectivity index (χ2n) is 3.49. The zero-order valence-electron chi connectivity index (χ0n) is 8.55. The van der Waals surface area contributed by atoms with Crippen LogP contribution in [0.25, 0.3) is 0 Å². The Bertz CT molecular complexity index is 182. The van der Waals surface area contributed by atoms with Crippen LogP contribution in [0.3, 0.4) is 0 Å². The van der Waals surface area contributed by atoms with Gasteiger partial charge in [-0.1, -0.05) is 13.8 Å². The summed E-state index contributed by atoms with van der Waals surface area (Å²) in [6, 6.07) is 0. The van der Waals surface area contributed by atoms with Crippen LogP contribution in [0.2, 0.25) is 0 Å². The van der Waals surface area contributed by atoms with E-state index >= 15 is 0 Å². The molecule has 0 aliphatic rings. The van der Waals surface area contributed by atoms with Gasteiger partial charge in [0.2, 0.25) is 0 Å². The number of ether oxygens (including phenoxy) is 1. The van der Waals surface area contributed by atoms with Crippen LogP contribution in [0.1, 0.15) is 27.7 Å². The van der Waals surface area contributed by atoms with Crippen LogP contribution in [0.4, 0.5) is 0 Å². The summed E-state index contributed by atoms with van der Waals surface area (Å²) in [5, 5.41) is 0. The minimum absolute atomic E-state index is 0.0546. The first-order valence-electron chi connectivity index (χ1n) is 4.17. The monoisotopic (exact) mass is 170 g/mol. The van der Waals surface area contributed by atoms with Gasteiger partial charge >= 0.3 is 0 Å². The van der Waals surface area contributed by atoms with Crippen molar-refractivity contribution in [3.63, 3.8) is 0 Å². The van der Waals surface area contributed by atoms with Gasteiger partial charge in [-0.25, -0.2) is 0 Å². The van der Waals surface area contributed by atoms with Gasteiger partial charge in [0, 0.05) is 7.11 Å². The molecule has 0 aliphatic carbocycles. The molecule has 0 aliphatic heterocycles. The molecule has 2 nitrogen and oxygen atoms in total. The molecule has 0 heterocycles. The average Bonchev–Trinajstić information content (AvgIpc) is 1.99. The van der Waals surface area contributed by atoms with Crippen LogP contribution in [0.15, 0.2) is 12.2 Å². The molecule has 0 N–H and O–H groups in total. The van der Waals surface area contributed by atoms with E-state index in [-0.39, 0.29) is 11.4 Å². The minimum atomic E-state index is -0.328. The Morgan fingerprint density at radius 3 is 2.25 bits per heavy atom. The summed E-state index contributed by atoms with van der Waals surface area (Å²) in [7, 11) is 1.66. The number of carbonyl (C=O) groups is 1. The predicted octanol–water partition coefficient (Wildman–Crippen LogP) is 2.19. The molecule has 70 valence electrons. The third-order valence-electron chi connectivity index (χ3n) is 2.24. The minimum Gasteiger partial charge on any atom is -0.374 e. The van der Waals surface area contributed by atoms with E-state index in [0.717, 1.165) is 0 Å². The summed E-state index contributed by atoms with van der Waals surface area (Å²) in [5.74, 6) is 0.414. The highest BCUT2D eigenvalue weighted by atomic mass is 16.5. The average molecular weight is 170 g/mol. The summed E-state index contributed by atoms with van der Waals surface area (Å²) < 4.78 is 5.31. The zero-order chi connectivity index (χ0) is 9.78. The predicted molar refractivity (Wildman–Crippen MR) is 50.1 cm³/mol. The first kappa shape index (κ1) is 11.4. The van der Waals surface area contributed by atoms with Crippen molar-refractivity contribution in [2.24, 2.45) is 5.92 Å². The van der Waals surface area contributed by atoms with E-state index in [1.165, 1.54) is 6.92 Å². The molecule has 12 heavy (non-hydrogen) atoms. The Kier molecular flexibility index (Phi) is 4.18. The number of hydrogen-bond acceptors (Lipinski definition) is 2. The molecular formula is C10H18O2. The normalized spacial score (nSPS) is 16.8. The molecule has 0 bridgehead atoms. The van der Waals surface area contributed by atoms with Gasteiger partial charge in [0.1, 0.15) is 0 Å². The van der Waals surface area contributed by atoms with Crippen molar-refractivity contribution < 1.29 is 9.53 Å². The number of allylic oxidation sites excluding steroid dienone is 1. The third-order valence-corrected chi connectivity index (χ3v) is 2.24. The Morgan fingerprint density at radius 1 is 1.50 bits per heavy atom. The Labute approximate surface area is 74.6 Å². The van der Waals surface area contributed by atoms with Gasteiger partial charge in [0.25, 0.3) is 0 Å². The Morgan fingerprint density at radius 2 is 2.00 bits per heavy atom. The standard InChI is InChI=1S/C10H18O2/c1-8(2)10(4,12-5)7-6-9(3)11/h6-8H,1-5H3. The second kappa shape index (κ2) is 4.41. The van der Waals surface area contributed by atoms with Crippen molar-refractivity contribution in [2.45, 2.75) is 33.3 Å². The summed E-state index contributed by atoms with van der Waals surface area (Å²) in [4.78, 5) is 10.7. The molecule has 0 radical (unpaired) electrons. The number of hydrogen-bond donors (Lipinski definition) is 0. The van der Waals surface area contributed by atoms with E-state index in [2.05, 4.69) is 13.8 Å². The smallest absolute Gasteiger partial charge is 0.152 e. The van der Waals surface area contributed by atoms with Crippen molar-refractivity contribution >= 4 is 5.78 Å². The van der Waals surface area contributed by atoms with E-state index in [4.69, 9.17) is 4.74 Å². The number of methoxy groups -OCH3 is 1. The quantitative estimate of drug-likeness (QED) is 0.604. The highest BCUT2D eigenvalue weighted by molar-refractivity contribution is 5.87. The van der Waals surface area contributed by atoms with Gasteiger partial charge in [0.15, 0.2) is 5.78 Å². The van der Waals surface area contributed by atoms with Crippen LogP contribution in [0.5, 0.6) is 0 Å². The molecular weight excluding hydrogens is 152 g/mol. The van der Waals surface area contributed by atoms with E-state index in [9.17, 15) is 4.79 Å². The second-order valence-corrected chi connectivity index (χ2v) is 3.49. The molecule has 0 saturated carbocycles. The molecule has 0 aromatic rings. The third kappa shape index (κ3) is 3.18. The first-order valence-corrected chi connectivity index (χ1v) is 4.17. The maximum absolute atomic E-state index is 10.7. The fourth-order valence-corrected chi connectivity index (χ4v) is 0.779. The SMILES string of the molecule is COC(C)(C=CC(C)=O)C(C)C. The van der Waals surface area contributed by atoms with E-state index in [1.54, 1.807) is 13.2 Å². The van der Waals surface area contributed by atoms with Crippen molar-refractivity contribution in [2.75, 3.05) is 7.11 Å². The molecule has 0 spiro atoms. The van der Waals surface area contributed by atoms with Crippen molar-refractivity contribution in [3.05, 3.63) is 12.2 Å². The molecule has 1 atom stereocenters. The number of rotatable bonds is 4. The summed E-state index contributed by atoms with van der Waals surface area (Å²) in [5.41, 5.74) is -0.328. The highest BCUT2D eigenvalue weighted by Gasteiger charge is 2.24. The number of ketones is 1. The summed E-state index contributed by atoms with van der Waals surface area (Å²) in [6.45, 7) is 7.63. The van der Waals surface area contributed by atoms with Crippen LogP contribution in [-0.2, 0) is 9.53 Å². The van der Waals surface area contributed by atoms with E-state index in [1.807, 2.05) is 13.0 Å². The fraction of sp³-hybridized carbons (Fsp3) is 0.700. The van der Waals surface area contributed by atoms with Gasteiger partial charge in [-0.15, -0.1) is 0 Å². The van der Waals surface area contributed by atoms with Crippen LogP contribution in [0, 0.1) is 5.92 Å². The largest absolute Gasteiger partial charge is 0.374 e. The highest BCUT2D eigenvalue weighted by Crippen LogP contribution is 2.21. The van der Waals surface area contributed by atoms with Crippen molar-refractivity contribution in [1.82, 2.24) is 0 Å². The summed E-state index contributed by atoms with van der Waals surface area (Å²) >= 11 is 0. The Hall–Kier alpha value is -0.630. The lowest BCUT2D eigenvalue weighted by Crippen LogP contribution is -2.31. The lowest BCUT2D eigenvalue weighted by Gasteiger charge is -2.28. The van der Waals surface area contributed by atoms with E-state index in [0.29, 0.717) is 5.92 Å². The van der Waals surface area contributed by atoms with E-state index < -0.39 is 0 Å². The zero-order valence-corrected chi connectivity index (χ0v) is 8.55. The molecule has 0 aromatic carbocycles. The fourth-order valence-electron chi connectivity index (χ4n) is 0.779. The van der Waals surface area contributed by atoms with Gasteiger partial charge in [-0.05, 0) is 31.9 Å². The van der Waals surface area contributed by atoms with Gasteiger partial charge in [0.05, 0.1) is 5.60 Å². The van der Waals surface area contributed by atoms with Crippen LogP contribution < -0.4 is 0 Å². The van der Waals surface area contributed by atoms with Crippen LogP contribution >= 0.6 is 0 Å². The molecule has 1 unspecified atom stereocenters. The lowest BCUT2D eigenvalue weighted by molar-refractivity contribution is -0.112. The lowest BCUT2D eigenvalue weighted by atomic mass is 9.91. The van der Waals surface area contributed by atoms with Gasteiger partial charge < -0.3 is 4.74 Å². The first-order chi connectivity index (χ1) is 5.42. The summed E-state index contributed by atoms with van der Waals surface area (Å²) in [6.07, 6.45) is 3.38. The molecule has 0 aromatic heterocycles. The maximum Gasteiger partial charge on any atom is 0.152 e. The molecule has 0 rings (SSSR count). The Balaban J connectivity index is 4.44. The maximum atomic E-state index is 10.7. The topological polar surface area (TPSA) is 26.3 Å². The van der Waals surface area contributed by atoms with Gasteiger partial charge in [-0.3, -0.25) is 4.79 Å². The van der Waals surface area contributed by atoms with Crippen LogP contribution in [-0.4, -0.2) is 18.5 Å². The molecule has 0 saturated heterocycles. The van der Waals surface area contributed by atoms with Gasteiger partial charge in [-0.2, -0.15) is 0 Å². The van der Waals surface area contributed by atoms with Crippen molar-refractivity contribution in [1.29, 1.82) is 0 Å². The molecule has 0 fully saturated rings. The molecule has 2 heteroatoms. The number of carbonyl (C=O) groups excluding carboxylic acids is 1.